The van der Waals surface area contributed by atoms with Crippen molar-refractivity contribution in [2.24, 2.45) is 0 Å². The molecule has 98 valence electrons. The second-order valence-electron chi connectivity index (χ2n) is 4.46. The molecule has 0 bridgehead atoms. The molecule has 18 heavy (non-hydrogen) atoms. The highest BCUT2D eigenvalue weighted by molar-refractivity contribution is 7.10. The minimum Gasteiger partial charge on any atom is -0.465 e. The Hall–Kier alpha value is -1.56. The van der Waals surface area contributed by atoms with Crippen LogP contribution in [0.5, 0.6) is 0 Å². The fourth-order valence-electron chi connectivity index (χ4n) is 2.19. The van der Waals surface area contributed by atoms with Gasteiger partial charge in [-0.3, -0.25) is 4.79 Å². The molecule has 1 saturated heterocycles. The Labute approximate surface area is 109 Å². The number of likely N-dealkylation sites (tertiary alicyclic amines) is 1. The van der Waals surface area contributed by atoms with Gasteiger partial charge in [0.2, 0.25) is 5.91 Å². The molecule has 0 unspecified atom stereocenters. The first kappa shape index (κ1) is 12.9. The molecule has 0 saturated carbocycles. The van der Waals surface area contributed by atoms with Crippen LogP contribution in [0, 0.1) is 0 Å². The van der Waals surface area contributed by atoms with Gasteiger partial charge in [0, 0.05) is 30.3 Å². The van der Waals surface area contributed by atoms with Crippen LogP contribution in [0.2, 0.25) is 0 Å². The zero-order chi connectivity index (χ0) is 13.1. The van der Waals surface area contributed by atoms with E-state index in [2.05, 4.69) is 5.32 Å². The molecule has 2 heterocycles. The Morgan fingerprint density at radius 2 is 2.11 bits per heavy atom. The monoisotopic (exact) mass is 268 g/mol. The molecule has 5 nitrogen and oxygen atoms in total. The van der Waals surface area contributed by atoms with E-state index in [-0.39, 0.29) is 5.91 Å². The quantitative estimate of drug-likeness (QED) is 0.866. The van der Waals surface area contributed by atoms with Crippen molar-refractivity contribution in [3.8, 4) is 0 Å². The van der Waals surface area contributed by atoms with Crippen LogP contribution in [0.3, 0.4) is 0 Å². The summed E-state index contributed by atoms with van der Waals surface area (Å²) >= 11 is 1.63. The molecule has 0 radical (unpaired) electrons. The summed E-state index contributed by atoms with van der Waals surface area (Å²) < 4.78 is 0. The van der Waals surface area contributed by atoms with Gasteiger partial charge in [0.1, 0.15) is 0 Å². The fourth-order valence-corrected chi connectivity index (χ4v) is 3.20. The number of piperidine rings is 1. The summed E-state index contributed by atoms with van der Waals surface area (Å²) in [6.45, 7) is 2.67. The number of nitrogens with zero attached hydrogens (tertiary/aromatic N) is 1. The summed E-state index contributed by atoms with van der Waals surface area (Å²) in [5, 5.41) is 13.6. The molecule has 0 aromatic carbocycles. The van der Waals surface area contributed by atoms with Gasteiger partial charge in [0.15, 0.2) is 0 Å². The lowest BCUT2D eigenvalue weighted by Crippen LogP contribution is -2.36. The average molecular weight is 268 g/mol. The minimum absolute atomic E-state index is 0.0694. The average Bonchev–Trinajstić information content (AvgIpc) is 2.76. The van der Waals surface area contributed by atoms with Gasteiger partial charge in [-0.15, -0.1) is 11.3 Å². The molecule has 1 aromatic heterocycles. The van der Waals surface area contributed by atoms with Crippen molar-refractivity contribution in [2.75, 3.05) is 18.4 Å². The molecule has 6 heteroatoms. The molecule has 1 fully saturated rings. The number of rotatable bonds is 2. The van der Waals surface area contributed by atoms with E-state index in [9.17, 15) is 9.59 Å². The number of thiophene rings is 1. The molecule has 0 atom stereocenters. The van der Waals surface area contributed by atoms with Crippen molar-refractivity contribution in [3.63, 3.8) is 0 Å². The van der Waals surface area contributed by atoms with E-state index in [0.29, 0.717) is 19.0 Å². The summed E-state index contributed by atoms with van der Waals surface area (Å²) in [6.07, 6.45) is 0.872. The summed E-state index contributed by atoms with van der Waals surface area (Å²) in [6, 6.07) is 1.99. The van der Waals surface area contributed by atoms with Crippen molar-refractivity contribution >= 4 is 29.0 Å². The number of anilines is 1. The third kappa shape index (κ3) is 3.01. The lowest BCUT2D eigenvalue weighted by atomic mass is 9.95. The normalized spacial score (nSPS) is 16.6. The fraction of sp³-hybridized carbons (Fsp3) is 0.500. The maximum Gasteiger partial charge on any atom is 0.407 e. The van der Waals surface area contributed by atoms with Gasteiger partial charge in [0.25, 0.3) is 0 Å². The zero-order valence-electron chi connectivity index (χ0n) is 10.2. The Morgan fingerprint density at radius 1 is 1.44 bits per heavy atom. The van der Waals surface area contributed by atoms with E-state index in [4.69, 9.17) is 5.11 Å². The number of carbonyl (C=O) groups is 2. The highest BCUT2D eigenvalue weighted by Gasteiger charge is 2.24. The van der Waals surface area contributed by atoms with Crippen LogP contribution in [0.15, 0.2) is 11.4 Å². The van der Waals surface area contributed by atoms with E-state index in [1.165, 1.54) is 16.7 Å². The highest BCUT2D eigenvalue weighted by Crippen LogP contribution is 2.33. The molecule has 1 aromatic rings. The van der Waals surface area contributed by atoms with E-state index in [1.54, 1.807) is 11.3 Å². The molecule has 0 aliphatic carbocycles. The smallest absolute Gasteiger partial charge is 0.407 e. The standard InChI is InChI=1S/C12H16N2O3S/c1-8(15)13-10-6-11(18-7-10)9-2-4-14(5-3-9)12(16)17/h6-7,9H,2-5H2,1H3,(H,13,15)(H,16,17). The lowest BCUT2D eigenvalue weighted by molar-refractivity contribution is -0.114. The van der Waals surface area contributed by atoms with Crippen LogP contribution < -0.4 is 5.32 Å². The van der Waals surface area contributed by atoms with E-state index < -0.39 is 6.09 Å². The molecule has 2 rings (SSSR count). The summed E-state index contributed by atoms with van der Waals surface area (Å²) in [5.41, 5.74) is 0.836. The maximum atomic E-state index is 10.9. The van der Waals surface area contributed by atoms with E-state index >= 15 is 0 Å². The van der Waals surface area contributed by atoms with Crippen LogP contribution >= 0.6 is 11.3 Å². The van der Waals surface area contributed by atoms with Crippen molar-refractivity contribution < 1.29 is 14.7 Å². The van der Waals surface area contributed by atoms with Crippen LogP contribution in [-0.4, -0.2) is 35.1 Å². The molecule has 2 N–H and O–H groups in total. The Balaban J connectivity index is 1.95. The number of carboxylic acid groups (broad SMARTS) is 1. The van der Waals surface area contributed by atoms with Gasteiger partial charge in [-0.2, -0.15) is 0 Å². The van der Waals surface area contributed by atoms with Crippen molar-refractivity contribution in [1.29, 1.82) is 0 Å². The van der Waals surface area contributed by atoms with Crippen LogP contribution in [0.25, 0.3) is 0 Å². The predicted octanol–water partition coefficient (Wildman–Crippen LogP) is 2.56. The van der Waals surface area contributed by atoms with E-state index in [0.717, 1.165) is 18.5 Å². The lowest BCUT2D eigenvalue weighted by Gasteiger charge is -2.29. The van der Waals surface area contributed by atoms with Gasteiger partial charge in [-0.25, -0.2) is 4.79 Å². The highest BCUT2D eigenvalue weighted by atomic mass is 32.1. The molecular weight excluding hydrogens is 252 g/mol. The van der Waals surface area contributed by atoms with Gasteiger partial charge < -0.3 is 15.3 Å². The predicted molar refractivity (Wildman–Crippen MR) is 70.2 cm³/mol. The SMILES string of the molecule is CC(=O)Nc1csc(C2CCN(C(=O)O)CC2)c1. The molecule has 1 aliphatic rings. The van der Waals surface area contributed by atoms with Gasteiger partial charge in [-0.05, 0) is 24.8 Å². The van der Waals surface area contributed by atoms with Gasteiger partial charge in [0.05, 0.1) is 5.69 Å². The molecule has 1 aliphatic heterocycles. The first-order valence-corrected chi connectivity index (χ1v) is 6.78. The Bertz CT molecular complexity index is 450. The van der Waals surface area contributed by atoms with Crippen LogP contribution in [-0.2, 0) is 4.79 Å². The summed E-state index contributed by atoms with van der Waals surface area (Å²) in [4.78, 5) is 24.4. The van der Waals surface area contributed by atoms with Gasteiger partial charge in [-0.1, -0.05) is 0 Å². The van der Waals surface area contributed by atoms with Crippen molar-refractivity contribution in [2.45, 2.75) is 25.7 Å². The van der Waals surface area contributed by atoms with Gasteiger partial charge >= 0.3 is 6.09 Å². The Morgan fingerprint density at radius 3 is 2.67 bits per heavy atom. The molecular formula is C12H16N2O3S. The number of hydrogen-bond acceptors (Lipinski definition) is 3. The summed E-state index contributed by atoms with van der Waals surface area (Å²) in [7, 11) is 0. The van der Waals surface area contributed by atoms with Crippen molar-refractivity contribution in [1.82, 2.24) is 4.90 Å². The minimum atomic E-state index is -0.835. The number of hydrogen-bond donors (Lipinski definition) is 2. The zero-order valence-corrected chi connectivity index (χ0v) is 11.0. The van der Waals surface area contributed by atoms with Crippen LogP contribution in [0.1, 0.15) is 30.6 Å². The largest absolute Gasteiger partial charge is 0.465 e. The Kier molecular flexibility index (Phi) is 3.86. The maximum absolute atomic E-state index is 10.9. The molecule has 0 spiro atoms. The number of carbonyl (C=O) groups excluding carboxylic acids is 1. The third-order valence-electron chi connectivity index (χ3n) is 3.11. The van der Waals surface area contributed by atoms with Crippen LogP contribution in [0.4, 0.5) is 10.5 Å². The number of nitrogens with one attached hydrogen (secondary N) is 1. The first-order chi connectivity index (χ1) is 8.56. The second kappa shape index (κ2) is 5.39. The van der Waals surface area contributed by atoms with E-state index in [1.807, 2.05) is 11.4 Å². The number of amides is 2. The molecule has 2 amide bonds. The summed E-state index contributed by atoms with van der Waals surface area (Å²) in [5.74, 6) is 0.341. The second-order valence-corrected chi connectivity index (χ2v) is 5.41. The topological polar surface area (TPSA) is 69.6 Å². The first-order valence-electron chi connectivity index (χ1n) is 5.90. The van der Waals surface area contributed by atoms with Crippen molar-refractivity contribution in [3.05, 3.63) is 16.3 Å². The third-order valence-corrected chi connectivity index (χ3v) is 4.20.